The first-order valence-corrected chi connectivity index (χ1v) is 8.27. The topological polar surface area (TPSA) is 72.2 Å². The van der Waals surface area contributed by atoms with Crippen molar-refractivity contribution in [1.29, 1.82) is 0 Å². The average molecular weight is 343 g/mol. The number of non-ortho nitro benzene ring substituents is 1. The predicted octanol–water partition coefficient (Wildman–Crippen LogP) is 4.01. The Kier molecular flexibility index (Phi) is 5.10. The molecular weight excluding hydrogens is 331 g/mol. The molecule has 0 aromatic heterocycles. The quantitative estimate of drug-likeness (QED) is 0.658. The van der Waals surface area contributed by atoms with Crippen molar-refractivity contribution in [2.24, 2.45) is 0 Å². The molecule has 5 nitrogen and oxygen atoms in total. The van der Waals surface area contributed by atoms with E-state index >= 15 is 0 Å². The van der Waals surface area contributed by atoms with Gasteiger partial charge in [0, 0.05) is 39.6 Å². The lowest BCUT2D eigenvalue weighted by Crippen LogP contribution is -1.98. The molecule has 0 amide bonds. The molecule has 0 saturated heterocycles. The van der Waals surface area contributed by atoms with Gasteiger partial charge in [-0.05, 0) is 29.8 Å². The molecule has 1 unspecified atom stereocenters. The first-order valence-electron chi connectivity index (χ1n) is 6.16. The van der Waals surface area contributed by atoms with E-state index in [0.717, 1.165) is 6.07 Å². The Balaban J connectivity index is 2.27. The zero-order valence-electron chi connectivity index (χ0n) is 11.5. The molecule has 2 rings (SSSR count). The minimum atomic E-state index is -1.06. The van der Waals surface area contributed by atoms with Crippen LogP contribution in [0.4, 0.5) is 21.5 Å². The Labute approximate surface area is 133 Å². The molecule has 22 heavy (non-hydrogen) atoms. The van der Waals surface area contributed by atoms with Crippen LogP contribution in [0, 0.1) is 15.9 Å². The third-order valence-electron chi connectivity index (χ3n) is 2.85. The second kappa shape index (κ2) is 6.85. The Morgan fingerprint density at radius 2 is 2.05 bits per heavy atom. The summed E-state index contributed by atoms with van der Waals surface area (Å²) < 4.78 is 25.1. The van der Waals surface area contributed by atoms with E-state index in [2.05, 4.69) is 5.32 Å². The molecule has 0 saturated carbocycles. The molecule has 0 aliphatic rings. The summed E-state index contributed by atoms with van der Waals surface area (Å²) in [5.41, 5.74) is 1.02. The van der Waals surface area contributed by atoms with E-state index < -0.39 is 21.5 Å². The number of anilines is 2. The Morgan fingerprint density at radius 1 is 1.32 bits per heavy atom. The van der Waals surface area contributed by atoms with Gasteiger partial charge in [0.1, 0.15) is 0 Å². The van der Waals surface area contributed by atoms with Crippen LogP contribution < -0.4 is 5.32 Å². The Morgan fingerprint density at radius 3 is 2.64 bits per heavy atom. The molecule has 0 radical (unpaired) electrons. The van der Waals surface area contributed by atoms with Gasteiger partial charge in [0.25, 0.3) is 5.69 Å². The number of halogens is 2. The third kappa shape index (κ3) is 4.02. The lowest BCUT2D eigenvalue weighted by atomic mass is 10.2. The monoisotopic (exact) mass is 342 g/mol. The minimum Gasteiger partial charge on any atom is -0.353 e. The maximum atomic E-state index is 13.8. The molecule has 0 bridgehead atoms. The first kappa shape index (κ1) is 16.4. The van der Waals surface area contributed by atoms with E-state index in [9.17, 15) is 18.7 Å². The Hall–Kier alpha value is -1.99. The van der Waals surface area contributed by atoms with E-state index in [1.54, 1.807) is 24.5 Å². The van der Waals surface area contributed by atoms with Crippen LogP contribution in [0.2, 0.25) is 5.02 Å². The smallest absolute Gasteiger partial charge is 0.272 e. The van der Waals surface area contributed by atoms with Crippen molar-refractivity contribution in [2.75, 3.05) is 11.6 Å². The van der Waals surface area contributed by atoms with Crippen LogP contribution in [0.25, 0.3) is 0 Å². The van der Waals surface area contributed by atoms with Crippen LogP contribution in [0.15, 0.2) is 36.4 Å². The van der Waals surface area contributed by atoms with Crippen molar-refractivity contribution in [2.45, 2.75) is 5.75 Å². The summed E-state index contributed by atoms with van der Waals surface area (Å²) in [4.78, 5) is 9.92. The first-order chi connectivity index (χ1) is 10.4. The molecule has 1 N–H and O–H groups in total. The van der Waals surface area contributed by atoms with Gasteiger partial charge in [0.05, 0.1) is 16.7 Å². The molecule has 2 aromatic carbocycles. The summed E-state index contributed by atoms with van der Waals surface area (Å²) in [6, 6.07) is 8.29. The molecule has 0 spiro atoms. The number of nitrogens with zero attached hydrogens (tertiary/aromatic N) is 1. The maximum Gasteiger partial charge on any atom is 0.272 e. The second-order valence-electron chi connectivity index (χ2n) is 4.57. The summed E-state index contributed by atoms with van der Waals surface area (Å²) in [7, 11) is -1.06. The zero-order chi connectivity index (χ0) is 16.3. The number of nitro groups is 1. The number of nitrogens with one attached hydrogen (secondary N) is 1. The molecule has 0 aliphatic heterocycles. The van der Waals surface area contributed by atoms with Crippen molar-refractivity contribution in [1.82, 2.24) is 0 Å². The molecule has 0 fully saturated rings. The average Bonchev–Trinajstić information content (AvgIpc) is 2.44. The fourth-order valence-corrected chi connectivity index (χ4v) is 2.80. The number of hydrogen-bond donors (Lipinski definition) is 1. The summed E-state index contributed by atoms with van der Waals surface area (Å²) in [6.07, 6.45) is 1.56. The lowest BCUT2D eigenvalue weighted by molar-refractivity contribution is -0.385. The van der Waals surface area contributed by atoms with Gasteiger partial charge in [-0.3, -0.25) is 14.3 Å². The van der Waals surface area contributed by atoms with Crippen LogP contribution in [0.3, 0.4) is 0 Å². The van der Waals surface area contributed by atoms with Gasteiger partial charge >= 0.3 is 0 Å². The van der Waals surface area contributed by atoms with E-state index in [0.29, 0.717) is 16.3 Å². The standard InChI is InChI=1S/C14H12ClFN2O3S/c1-22(21)8-9-6-10(2-4-12(9)15)17-14-5-3-11(18(19)20)7-13(14)16/h2-7,17H,8H2,1H3. The van der Waals surface area contributed by atoms with Crippen LogP contribution in [-0.2, 0) is 16.6 Å². The van der Waals surface area contributed by atoms with E-state index in [1.807, 2.05) is 0 Å². The third-order valence-corrected chi connectivity index (χ3v) is 3.93. The molecule has 8 heteroatoms. The second-order valence-corrected chi connectivity index (χ2v) is 6.41. The van der Waals surface area contributed by atoms with Gasteiger partial charge in [0.2, 0.25) is 0 Å². The summed E-state index contributed by atoms with van der Waals surface area (Å²) in [5, 5.41) is 13.9. The highest BCUT2D eigenvalue weighted by molar-refractivity contribution is 7.83. The van der Waals surface area contributed by atoms with E-state index in [1.165, 1.54) is 12.1 Å². The largest absolute Gasteiger partial charge is 0.353 e. The minimum absolute atomic E-state index is 0.108. The van der Waals surface area contributed by atoms with Gasteiger partial charge < -0.3 is 5.32 Å². The number of nitro benzene ring substituents is 1. The van der Waals surface area contributed by atoms with Gasteiger partial charge in [-0.15, -0.1) is 0 Å². The molecular formula is C14H12ClFN2O3S. The lowest BCUT2D eigenvalue weighted by Gasteiger charge is -2.10. The van der Waals surface area contributed by atoms with Gasteiger partial charge in [0.15, 0.2) is 5.82 Å². The number of hydrogen-bond acceptors (Lipinski definition) is 4. The molecule has 0 heterocycles. The predicted molar refractivity (Wildman–Crippen MR) is 85.6 cm³/mol. The van der Waals surface area contributed by atoms with E-state index in [-0.39, 0.29) is 17.1 Å². The van der Waals surface area contributed by atoms with Crippen molar-refractivity contribution >= 4 is 39.5 Å². The highest BCUT2D eigenvalue weighted by Gasteiger charge is 2.11. The SMILES string of the molecule is CS(=O)Cc1cc(Nc2ccc([N+](=O)[O-])cc2F)ccc1Cl. The fourth-order valence-electron chi connectivity index (χ4n) is 1.86. The molecule has 116 valence electrons. The van der Waals surface area contributed by atoms with Crippen molar-refractivity contribution in [3.63, 3.8) is 0 Å². The highest BCUT2D eigenvalue weighted by Crippen LogP contribution is 2.27. The fraction of sp³-hybridized carbons (Fsp3) is 0.143. The number of rotatable bonds is 5. The molecule has 0 aliphatic carbocycles. The summed E-state index contributed by atoms with van der Waals surface area (Å²) in [5.74, 6) is -0.443. The van der Waals surface area contributed by atoms with Crippen molar-refractivity contribution < 1.29 is 13.5 Å². The van der Waals surface area contributed by atoms with Crippen molar-refractivity contribution in [3.8, 4) is 0 Å². The van der Waals surface area contributed by atoms with Crippen LogP contribution in [0.5, 0.6) is 0 Å². The van der Waals surface area contributed by atoms with Gasteiger partial charge in [-0.2, -0.15) is 0 Å². The zero-order valence-corrected chi connectivity index (χ0v) is 13.1. The number of benzene rings is 2. The highest BCUT2D eigenvalue weighted by atomic mass is 35.5. The van der Waals surface area contributed by atoms with E-state index in [4.69, 9.17) is 11.6 Å². The van der Waals surface area contributed by atoms with Crippen LogP contribution >= 0.6 is 11.6 Å². The summed E-state index contributed by atoms with van der Waals surface area (Å²) >= 11 is 6.02. The van der Waals surface area contributed by atoms with Crippen LogP contribution in [-0.4, -0.2) is 15.4 Å². The van der Waals surface area contributed by atoms with Crippen LogP contribution in [0.1, 0.15) is 5.56 Å². The Bertz CT molecular complexity index is 755. The normalized spacial score (nSPS) is 12.0. The molecule has 2 aromatic rings. The summed E-state index contributed by atoms with van der Waals surface area (Å²) in [6.45, 7) is 0. The van der Waals surface area contributed by atoms with Gasteiger partial charge in [-0.25, -0.2) is 4.39 Å². The van der Waals surface area contributed by atoms with Crippen molar-refractivity contribution in [3.05, 3.63) is 62.9 Å². The maximum absolute atomic E-state index is 13.8. The van der Waals surface area contributed by atoms with Gasteiger partial charge in [-0.1, -0.05) is 11.6 Å². The molecule has 1 atom stereocenters.